The Morgan fingerprint density at radius 2 is 2.29 bits per heavy atom. The average molecular weight is 241 g/mol. The van der Waals surface area contributed by atoms with E-state index in [1.165, 1.54) is 6.33 Å². The lowest BCUT2D eigenvalue weighted by Gasteiger charge is -2.08. The summed E-state index contributed by atoms with van der Waals surface area (Å²) in [5, 5.41) is 6.57. The predicted octanol–water partition coefficient (Wildman–Crippen LogP) is 0.827. The van der Waals surface area contributed by atoms with Crippen LogP contribution in [0.5, 0.6) is 0 Å². The summed E-state index contributed by atoms with van der Waals surface area (Å²) in [6.07, 6.45) is 3.76. The Morgan fingerprint density at radius 3 is 2.79 bits per heavy atom. The zero-order valence-electron chi connectivity index (χ0n) is 7.55. The van der Waals surface area contributed by atoms with E-state index in [-0.39, 0.29) is 37.0 Å². The van der Waals surface area contributed by atoms with Crippen LogP contribution in [0, 0.1) is 0 Å². The number of aromatic amines is 1. The van der Waals surface area contributed by atoms with Crippen LogP contribution in [0.3, 0.4) is 0 Å². The summed E-state index contributed by atoms with van der Waals surface area (Å²) in [7, 11) is 0. The molecule has 0 aliphatic carbocycles. The maximum Gasteiger partial charge on any atom is 0.153 e. The number of aromatic nitrogens is 3. The van der Waals surface area contributed by atoms with Crippen molar-refractivity contribution in [3.63, 3.8) is 0 Å². The van der Waals surface area contributed by atoms with Crippen molar-refractivity contribution in [2.45, 2.75) is 25.0 Å². The van der Waals surface area contributed by atoms with Crippen molar-refractivity contribution in [2.75, 3.05) is 6.54 Å². The van der Waals surface area contributed by atoms with Gasteiger partial charge in [0, 0.05) is 6.54 Å². The van der Waals surface area contributed by atoms with Crippen LogP contribution in [0.2, 0.25) is 0 Å². The van der Waals surface area contributed by atoms with Crippen LogP contribution in [0.25, 0.3) is 0 Å². The quantitative estimate of drug-likeness (QED) is 0.803. The van der Waals surface area contributed by atoms with E-state index in [2.05, 4.69) is 15.2 Å². The molecule has 5 nitrogen and oxygen atoms in total. The number of rotatable bonds is 2. The van der Waals surface area contributed by atoms with E-state index in [1.54, 1.807) is 0 Å². The molecule has 0 bridgehead atoms. The molecule has 2 atom stereocenters. The van der Waals surface area contributed by atoms with Gasteiger partial charge in [-0.25, -0.2) is 4.98 Å². The van der Waals surface area contributed by atoms with E-state index in [0.29, 0.717) is 6.54 Å². The average Bonchev–Trinajstić information content (AvgIpc) is 2.75. The van der Waals surface area contributed by atoms with Gasteiger partial charge in [0.1, 0.15) is 12.4 Å². The van der Waals surface area contributed by atoms with E-state index < -0.39 is 0 Å². The molecule has 1 aromatic rings. The Hall–Kier alpha value is -0.360. The van der Waals surface area contributed by atoms with E-state index in [9.17, 15) is 0 Å². The van der Waals surface area contributed by atoms with E-state index >= 15 is 0 Å². The fourth-order valence-electron chi connectivity index (χ4n) is 1.45. The van der Waals surface area contributed by atoms with Gasteiger partial charge in [0.25, 0.3) is 0 Å². The summed E-state index contributed by atoms with van der Waals surface area (Å²) in [4.78, 5) is 4.03. The summed E-state index contributed by atoms with van der Waals surface area (Å²) in [5.74, 6) is 0.811. The highest BCUT2D eigenvalue weighted by Gasteiger charge is 2.27. The number of nitrogens with two attached hydrogens (primary N) is 1. The van der Waals surface area contributed by atoms with Gasteiger partial charge in [-0.1, -0.05) is 0 Å². The second-order valence-corrected chi connectivity index (χ2v) is 2.93. The Balaban J connectivity index is 0.000000845. The van der Waals surface area contributed by atoms with Crippen molar-refractivity contribution >= 4 is 24.8 Å². The van der Waals surface area contributed by atoms with Crippen molar-refractivity contribution in [1.82, 2.24) is 15.2 Å². The first-order chi connectivity index (χ1) is 5.90. The molecule has 7 heteroatoms. The highest BCUT2D eigenvalue weighted by atomic mass is 35.5. The van der Waals surface area contributed by atoms with Gasteiger partial charge in [0.2, 0.25) is 0 Å². The standard InChI is InChI=1S/C7H12N4O.2ClH/c8-3-5-1-2-6(12-5)7-9-4-10-11-7;;/h4-6H,1-3,8H2,(H,9,10,11);2*1H/t5-,6+;;/m0../s1. The molecule has 1 aromatic heterocycles. The second-order valence-electron chi connectivity index (χ2n) is 2.93. The lowest BCUT2D eigenvalue weighted by Crippen LogP contribution is -2.19. The first-order valence-electron chi connectivity index (χ1n) is 4.11. The molecule has 2 rings (SSSR count). The lowest BCUT2D eigenvalue weighted by atomic mass is 10.2. The van der Waals surface area contributed by atoms with Crippen molar-refractivity contribution in [2.24, 2.45) is 5.73 Å². The highest BCUT2D eigenvalue weighted by Crippen LogP contribution is 2.29. The molecule has 1 aliphatic rings. The number of ether oxygens (including phenoxy) is 1. The number of hydrogen-bond donors (Lipinski definition) is 2. The van der Waals surface area contributed by atoms with Crippen molar-refractivity contribution in [1.29, 1.82) is 0 Å². The summed E-state index contributed by atoms with van der Waals surface area (Å²) < 4.78 is 5.60. The van der Waals surface area contributed by atoms with Gasteiger partial charge in [-0.3, -0.25) is 5.10 Å². The molecule has 0 aromatic carbocycles. The molecule has 2 heterocycles. The number of hydrogen-bond acceptors (Lipinski definition) is 4. The Kier molecular flexibility index (Phi) is 6.03. The second kappa shape index (κ2) is 6.19. The number of halogens is 2. The number of nitrogens with one attached hydrogen (secondary N) is 1. The molecule has 0 saturated carbocycles. The molecule has 1 aliphatic heterocycles. The predicted molar refractivity (Wildman–Crippen MR) is 56.8 cm³/mol. The summed E-state index contributed by atoms with van der Waals surface area (Å²) in [6.45, 7) is 0.588. The molecule has 1 fully saturated rings. The van der Waals surface area contributed by atoms with Gasteiger partial charge in [-0.05, 0) is 12.8 Å². The third kappa shape index (κ3) is 2.81. The monoisotopic (exact) mass is 240 g/mol. The summed E-state index contributed by atoms with van der Waals surface area (Å²) >= 11 is 0. The molecule has 0 unspecified atom stereocenters. The minimum Gasteiger partial charge on any atom is -0.366 e. The molecule has 1 saturated heterocycles. The molecular weight excluding hydrogens is 227 g/mol. The van der Waals surface area contributed by atoms with E-state index in [0.717, 1.165) is 18.7 Å². The number of H-pyrrole nitrogens is 1. The highest BCUT2D eigenvalue weighted by molar-refractivity contribution is 5.85. The minimum absolute atomic E-state index is 0. The van der Waals surface area contributed by atoms with Crippen LogP contribution in [0.4, 0.5) is 0 Å². The molecule has 14 heavy (non-hydrogen) atoms. The zero-order chi connectivity index (χ0) is 8.39. The molecule has 82 valence electrons. The van der Waals surface area contributed by atoms with Gasteiger partial charge >= 0.3 is 0 Å². The van der Waals surface area contributed by atoms with Gasteiger partial charge in [-0.2, -0.15) is 5.10 Å². The van der Waals surface area contributed by atoms with Crippen LogP contribution in [-0.2, 0) is 4.74 Å². The topological polar surface area (TPSA) is 76.8 Å². The summed E-state index contributed by atoms with van der Waals surface area (Å²) in [6, 6.07) is 0. The Morgan fingerprint density at radius 1 is 1.50 bits per heavy atom. The maximum atomic E-state index is 5.60. The van der Waals surface area contributed by atoms with Crippen molar-refractivity contribution in [3.05, 3.63) is 12.2 Å². The SMILES string of the molecule is Cl.Cl.NC[C@@H]1CC[C@H](c2ncn[nH]2)O1. The van der Waals surface area contributed by atoms with E-state index in [4.69, 9.17) is 10.5 Å². The van der Waals surface area contributed by atoms with Gasteiger partial charge < -0.3 is 10.5 Å². The number of nitrogens with zero attached hydrogens (tertiary/aromatic N) is 2. The smallest absolute Gasteiger partial charge is 0.153 e. The van der Waals surface area contributed by atoms with E-state index in [1.807, 2.05) is 0 Å². The van der Waals surface area contributed by atoms with Crippen LogP contribution in [0.1, 0.15) is 24.8 Å². The lowest BCUT2D eigenvalue weighted by molar-refractivity contribution is 0.0450. The molecule has 3 N–H and O–H groups in total. The molecule has 0 amide bonds. The Bertz CT molecular complexity index is 244. The fourth-order valence-corrected chi connectivity index (χ4v) is 1.45. The molecular formula is C7H14Cl2N4O. The zero-order valence-corrected chi connectivity index (χ0v) is 9.18. The van der Waals surface area contributed by atoms with Crippen molar-refractivity contribution in [3.8, 4) is 0 Å². The molecule has 0 radical (unpaired) electrons. The van der Waals surface area contributed by atoms with Crippen LogP contribution < -0.4 is 5.73 Å². The van der Waals surface area contributed by atoms with Gasteiger partial charge in [0.05, 0.1) is 6.10 Å². The maximum absolute atomic E-state index is 5.60. The third-order valence-corrected chi connectivity index (χ3v) is 2.11. The summed E-state index contributed by atoms with van der Waals surface area (Å²) in [5.41, 5.74) is 5.48. The fraction of sp³-hybridized carbons (Fsp3) is 0.714. The normalized spacial score (nSPS) is 25.2. The minimum atomic E-state index is 0. The van der Waals surface area contributed by atoms with Crippen LogP contribution >= 0.6 is 24.8 Å². The third-order valence-electron chi connectivity index (χ3n) is 2.11. The first-order valence-corrected chi connectivity index (χ1v) is 4.11. The van der Waals surface area contributed by atoms with Crippen LogP contribution in [0.15, 0.2) is 6.33 Å². The Labute approximate surface area is 94.6 Å². The molecule has 0 spiro atoms. The van der Waals surface area contributed by atoms with Crippen LogP contribution in [-0.4, -0.2) is 27.8 Å². The first kappa shape index (κ1) is 13.6. The van der Waals surface area contributed by atoms with Gasteiger partial charge in [-0.15, -0.1) is 24.8 Å². The largest absolute Gasteiger partial charge is 0.366 e. The van der Waals surface area contributed by atoms with Crippen molar-refractivity contribution < 1.29 is 4.74 Å². The van der Waals surface area contributed by atoms with Gasteiger partial charge in [0.15, 0.2) is 5.82 Å².